The Hall–Kier alpha value is -1.35. The first-order chi connectivity index (χ1) is 7.78. The number of anilines is 1. The van der Waals surface area contributed by atoms with Gasteiger partial charge in [-0.3, -0.25) is 9.69 Å². The summed E-state index contributed by atoms with van der Waals surface area (Å²) in [5, 5.41) is 0. The molecular formula is C13H16N2O. The van der Waals surface area contributed by atoms with Gasteiger partial charge in [-0.15, -0.1) is 0 Å². The predicted octanol–water partition coefficient (Wildman–Crippen LogP) is 1.39. The Labute approximate surface area is 95.7 Å². The summed E-state index contributed by atoms with van der Waals surface area (Å²) in [7, 11) is 2.20. The van der Waals surface area contributed by atoms with Gasteiger partial charge in [0, 0.05) is 36.4 Å². The number of carbonyl (C=O) groups is 1. The molecule has 2 bridgehead atoms. The van der Waals surface area contributed by atoms with E-state index >= 15 is 0 Å². The van der Waals surface area contributed by atoms with E-state index < -0.39 is 0 Å². The lowest BCUT2D eigenvalue weighted by atomic mass is 10.2. The van der Waals surface area contributed by atoms with Gasteiger partial charge in [0.15, 0.2) is 0 Å². The van der Waals surface area contributed by atoms with Crippen LogP contribution in [0.4, 0.5) is 5.69 Å². The minimum atomic E-state index is 0.636. The van der Waals surface area contributed by atoms with E-state index in [9.17, 15) is 4.79 Å². The molecule has 0 amide bonds. The van der Waals surface area contributed by atoms with Crippen LogP contribution in [0.25, 0.3) is 0 Å². The number of nitrogens with zero attached hydrogens (tertiary/aromatic N) is 2. The molecule has 84 valence electrons. The molecule has 0 radical (unpaired) electrons. The third-order valence-electron chi connectivity index (χ3n) is 3.85. The number of likely N-dealkylation sites (tertiary alicyclic amines) is 1. The van der Waals surface area contributed by atoms with Gasteiger partial charge in [-0.05, 0) is 25.6 Å². The summed E-state index contributed by atoms with van der Waals surface area (Å²) in [6.07, 6.45) is 2.19. The second kappa shape index (κ2) is 3.59. The molecule has 2 heterocycles. The molecule has 2 aliphatic heterocycles. The van der Waals surface area contributed by atoms with Crippen LogP contribution >= 0.6 is 0 Å². The summed E-state index contributed by atoms with van der Waals surface area (Å²) in [5.74, 6) is 0. The zero-order valence-electron chi connectivity index (χ0n) is 9.47. The second-order valence-corrected chi connectivity index (χ2v) is 4.85. The fourth-order valence-electron chi connectivity index (χ4n) is 2.96. The molecule has 0 aliphatic carbocycles. The topological polar surface area (TPSA) is 23.6 Å². The zero-order valence-corrected chi connectivity index (χ0v) is 9.47. The molecule has 0 spiro atoms. The lowest BCUT2D eigenvalue weighted by Crippen LogP contribution is -2.44. The quantitative estimate of drug-likeness (QED) is 0.698. The highest BCUT2D eigenvalue weighted by molar-refractivity contribution is 5.77. The number of aldehydes is 1. The number of piperazine rings is 1. The Morgan fingerprint density at radius 3 is 2.81 bits per heavy atom. The summed E-state index contributed by atoms with van der Waals surface area (Å²) in [5.41, 5.74) is 1.97. The molecule has 0 N–H and O–H groups in total. The molecule has 3 rings (SSSR count). The molecule has 1 aromatic carbocycles. The van der Waals surface area contributed by atoms with Crippen molar-refractivity contribution in [2.45, 2.75) is 18.5 Å². The summed E-state index contributed by atoms with van der Waals surface area (Å²) in [4.78, 5) is 15.6. The molecule has 16 heavy (non-hydrogen) atoms. The maximum absolute atomic E-state index is 10.8. The number of hydrogen-bond donors (Lipinski definition) is 0. The normalized spacial score (nSPS) is 28.7. The SMILES string of the molecule is CN1CC2CC1CN2c1cccc(C=O)c1. The highest BCUT2D eigenvalue weighted by Gasteiger charge is 2.41. The van der Waals surface area contributed by atoms with E-state index in [-0.39, 0.29) is 0 Å². The van der Waals surface area contributed by atoms with Gasteiger partial charge in [-0.2, -0.15) is 0 Å². The Bertz CT molecular complexity index is 416. The fraction of sp³-hybridized carbons (Fsp3) is 0.462. The first-order valence-corrected chi connectivity index (χ1v) is 5.80. The first-order valence-electron chi connectivity index (χ1n) is 5.80. The molecule has 0 aromatic heterocycles. The summed E-state index contributed by atoms with van der Waals surface area (Å²) < 4.78 is 0. The van der Waals surface area contributed by atoms with Crippen LogP contribution in [0.2, 0.25) is 0 Å². The van der Waals surface area contributed by atoms with Crippen LogP contribution in [-0.2, 0) is 0 Å². The van der Waals surface area contributed by atoms with Crippen LogP contribution in [0.15, 0.2) is 24.3 Å². The Morgan fingerprint density at radius 2 is 2.19 bits per heavy atom. The van der Waals surface area contributed by atoms with Crippen LogP contribution in [0, 0.1) is 0 Å². The zero-order chi connectivity index (χ0) is 11.1. The largest absolute Gasteiger partial charge is 0.366 e. The monoisotopic (exact) mass is 216 g/mol. The van der Waals surface area contributed by atoms with Crippen molar-refractivity contribution in [2.75, 3.05) is 25.0 Å². The van der Waals surface area contributed by atoms with Crippen LogP contribution in [-0.4, -0.2) is 43.4 Å². The number of likely N-dealkylation sites (N-methyl/N-ethyl adjacent to an activating group) is 1. The van der Waals surface area contributed by atoms with E-state index in [1.54, 1.807) is 0 Å². The molecule has 2 atom stereocenters. The second-order valence-electron chi connectivity index (χ2n) is 4.85. The smallest absolute Gasteiger partial charge is 0.150 e. The maximum Gasteiger partial charge on any atom is 0.150 e. The third-order valence-corrected chi connectivity index (χ3v) is 3.85. The van der Waals surface area contributed by atoms with Crippen molar-refractivity contribution < 1.29 is 4.79 Å². The molecule has 0 saturated carbocycles. The van der Waals surface area contributed by atoms with Crippen molar-refractivity contribution in [2.24, 2.45) is 0 Å². The van der Waals surface area contributed by atoms with Gasteiger partial charge >= 0.3 is 0 Å². The van der Waals surface area contributed by atoms with Crippen LogP contribution in [0.1, 0.15) is 16.8 Å². The molecule has 2 aliphatic rings. The van der Waals surface area contributed by atoms with Gasteiger partial charge in [0.25, 0.3) is 0 Å². The highest BCUT2D eigenvalue weighted by atomic mass is 16.1. The van der Waals surface area contributed by atoms with Crippen LogP contribution in [0.3, 0.4) is 0 Å². The van der Waals surface area contributed by atoms with Crippen LogP contribution in [0.5, 0.6) is 0 Å². The number of benzene rings is 1. The molecule has 2 fully saturated rings. The van der Waals surface area contributed by atoms with Gasteiger partial charge in [-0.25, -0.2) is 0 Å². The molecule has 3 nitrogen and oxygen atoms in total. The van der Waals surface area contributed by atoms with Gasteiger partial charge in [-0.1, -0.05) is 12.1 Å². The minimum Gasteiger partial charge on any atom is -0.366 e. The lowest BCUT2D eigenvalue weighted by molar-refractivity contribution is 0.112. The van der Waals surface area contributed by atoms with E-state index in [2.05, 4.69) is 22.9 Å². The first kappa shape index (κ1) is 9.85. The standard InChI is InChI=1S/C13H16N2O/c1-14-7-13-6-12(14)8-15(13)11-4-2-3-10(5-11)9-16/h2-5,9,12-13H,6-8H2,1H3. The molecule has 3 heteroatoms. The minimum absolute atomic E-state index is 0.636. The molecule has 2 unspecified atom stereocenters. The van der Waals surface area contributed by atoms with Crippen molar-refractivity contribution in [3.8, 4) is 0 Å². The van der Waals surface area contributed by atoms with E-state index in [1.165, 1.54) is 12.1 Å². The average Bonchev–Trinajstić information content (AvgIpc) is 2.88. The van der Waals surface area contributed by atoms with Crippen molar-refractivity contribution in [3.63, 3.8) is 0 Å². The Morgan fingerprint density at radius 1 is 1.31 bits per heavy atom. The van der Waals surface area contributed by atoms with E-state index in [1.807, 2.05) is 18.2 Å². The van der Waals surface area contributed by atoms with Gasteiger partial charge < -0.3 is 4.90 Å². The fourth-order valence-corrected chi connectivity index (χ4v) is 2.96. The van der Waals surface area contributed by atoms with E-state index in [4.69, 9.17) is 0 Å². The van der Waals surface area contributed by atoms with Crippen LogP contribution < -0.4 is 4.90 Å². The molecular weight excluding hydrogens is 200 g/mol. The van der Waals surface area contributed by atoms with Crippen molar-refractivity contribution in [1.82, 2.24) is 4.90 Å². The summed E-state index contributed by atoms with van der Waals surface area (Å²) in [6, 6.07) is 9.26. The Kier molecular flexibility index (Phi) is 2.21. The summed E-state index contributed by atoms with van der Waals surface area (Å²) in [6.45, 7) is 2.25. The number of hydrogen-bond acceptors (Lipinski definition) is 3. The van der Waals surface area contributed by atoms with Crippen molar-refractivity contribution in [1.29, 1.82) is 0 Å². The summed E-state index contributed by atoms with van der Waals surface area (Å²) >= 11 is 0. The Balaban J connectivity index is 1.86. The average molecular weight is 216 g/mol. The lowest BCUT2D eigenvalue weighted by Gasteiger charge is -2.33. The molecule has 1 aromatic rings. The number of rotatable bonds is 2. The van der Waals surface area contributed by atoms with Crippen molar-refractivity contribution >= 4 is 12.0 Å². The third kappa shape index (κ3) is 1.43. The van der Waals surface area contributed by atoms with Gasteiger partial charge in [0.1, 0.15) is 6.29 Å². The molecule has 2 saturated heterocycles. The number of fused-ring (bicyclic) bond motifs is 2. The highest BCUT2D eigenvalue weighted by Crippen LogP contribution is 2.33. The van der Waals surface area contributed by atoms with Gasteiger partial charge in [0.2, 0.25) is 0 Å². The van der Waals surface area contributed by atoms with E-state index in [0.29, 0.717) is 12.1 Å². The van der Waals surface area contributed by atoms with E-state index in [0.717, 1.165) is 24.9 Å². The predicted molar refractivity (Wildman–Crippen MR) is 64.0 cm³/mol. The number of carbonyl (C=O) groups excluding carboxylic acids is 1. The van der Waals surface area contributed by atoms with Gasteiger partial charge in [0.05, 0.1) is 0 Å². The van der Waals surface area contributed by atoms with Crippen molar-refractivity contribution in [3.05, 3.63) is 29.8 Å². The maximum atomic E-state index is 10.8.